The van der Waals surface area contributed by atoms with Crippen molar-refractivity contribution in [3.8, 4) is 5.75 Å². The molecule has 23 heavy (non-hydrogen) atoms. The highest BCUT2D eigenvalue weighted by Gasteiger charge is 2.30. The molecule has 0 aliphatic carbocycles. The first-order chi connectivity index (χ1) is 10.4. The quantitative estimate of drug-likeness (QED) is 0.791. The number of halogens is 3. The molecule has 1 aromatic carbocycles. The van der Waals surface area contributed by atoms with Crippen molar-refractivity contribution in [1.82, 2.24) is 10.6 Å². The van der Waals surface area contributed by atoms with Crippen LogP contribution in [0.25, 0.3) is 0 Å². The lowest BCUT2D eigenvalue weighted by atomic mass is 10.1. The Hall–Kier alpha value is -2.45. The summed E-state index contributed by atoms with van der Waals surface area (Å²) in [6.07, 6.45) is -4.75. The van der Waals surface area contributed by atoms with Gasteiger partial charge in [0.05, 0.1) is 6.54 Å². The largest absolute Gasteiger partial charge is 0.573 e. The van der Waals surface area contributed by atoms with Crippen molar-refractivity contribution >= 4 is 17.6 Å². The molecule has 1 rings (SSSR count). The number of rotatable bonds is 4. The number of benzene rings is 1. The first kappa shape index (κ1) is 18.6. The van der Waals surface area contributed by atoms with E-state index in [4.69, 9.17) is 0 Å². The van der Waals surface area contributed by atoms with Gasteiger partial charge < -0.3 is 15.4 Å². The molecule has 0 unspecified atom stereocenters. The van der Waals surface area contributed by atoms with E-state index in [9.17, 15) is 22.8 Å². The third kappa shape index (κ3) is 8.54. The smallest absolute Gasteiger partial charge is 0.406 e. The minimum atomic E-state index is -4.75. The van der Waals surface area contributed by atoms with Gasteiger partial charge in [-0.2, -0.15) is 0 Å². The molecule has 3 N–H and O–H groups in total. The van der Waals surface area contributed by atoms with Crippen LogP contribution in [0.2, 0.25) is 0 Å². The Morgan fingerprint density at radius 2 is 1.65 bits per heavy atom. The molecule has 0 bridgehead atoms. The fraction of sp³-hybridized carbons (Fsp3) is 0.429. The predicted octanol–water partition coefficient (Wildman–Crippen LogP) is 2.62. The van der Waals surface area contributed by atoms with Crippen LogP contribution >= 0.6 is 0 Å². The van der Waals surface area contributed by atoms with Crippen LogP contribution in [0.15, 0.2) is 24.3 Å². The van der Waals surface area contributed by atoms with Gasteiger partial charge in [-0.3, -0.25) is 10.1 Å². The summed E-state index contributed by atoms with van der Waals surface area (Å²) < 4.78 is 39.7. The van der Waals surface area contributed by atoms with E-state index in [0.717, 1.165) is 12.1 Å². The highest BCUT2D eigenvalue weighted by molar-refractivity contribution is 5.96. The van der Waals surface area contributed by atoms with Crippen molar-refractivity contribution in [3.05, 3.63) is 24.3 Å². The van der Waals surface area contributed by atoms with Crippen LogP contribution < -0.4 is 20.7 Å². The molecular weight excluding hydrogens is 315 g/mol. The Labute approximate surface area is 131 Å². The SMILES string of the molecule is CC(C)(C)NC(=O)NC(=O)CNc1ccc(OC(F)(F)F)cc1. The first-order valence-electron chi connectivity index (χ1n) is 6.66. The number of ether oxygens (including phenoxy) is 1. The molecule has 0 aliphatic heterocycles. The van der Waals surface area contributed by atoms with E-state index < -0.39 is 23.8 Å². The number of carbonyl (C=O) groups is 2. The van der Waals surface area contributed by atoms with Gasteiger partial charge in [0, 0.05) is 11.2 Å². The van der Waals surface area contributed by atoms with E-state index in [1.165, 1.54) is 12.1 Å². The zero-order valence-corrected chi connectivity index (χ0v) is 12.9. The highest BCUT2D eigenvalue weighted by atomic mass is 19.4. The maximum absolute atomic E-state index is 12.0. The zero-order valence-electron chi connectivity index (χ0n) is 12.9. The van der Waals surface area contributed by atoms with E-state index in [-0.39, 0.29) is 12.3 Å². The molecular formula is C14H18F3N3O3. The van der Waals surface area contributed by atoms with Crippen molar-refractivity contribution in [2.45, 2.75) is 32.7 Å². The predicted molar refractivity (Wildman–Crippen MR) is 78.0 cm³/mol. The third-order valence-corrected chi connectivity index (χ3v) is 2.28. The summed E-state index contributed by atoms with van der Waals surface area (Å²) in [6.45, 7) is 5.08. The average Bonchev–Trinajstić information content (AvgIpc) is 2.33. The molecule has 6 nitrogen and oxygen atoms in total. The van der Waals surface area contributed by atoms with E-state index in [1.54, 1.807) is 20.8 Å². The van der Waals surface area contributed by atoms with Gasteiger partial charge in [0.1, 0.15) is 5.75 Å². The second-order valence-electron chi connectivity index (χ2n) is 5.68. The molecule has 0 spiro atoms. The van der Waals surface area contributed by atoms with Gasteiger partial charge >= 0.3 is 12.4 Å². The molecule has 0 fully saturated rings. The normalized spacial score (nSPS) is 11.6. The third-order valence-electron chi connectivity index (χ3n) is 2.28. The topological polar surface area (TPSA) is 79.5 Å². The number of nitrogens with one attached hydrogen (secondary N) is 3. The molecule has 0 radical (unpaired) electrons. The number of imide groups is 1. The Balaban J connectivity index is 2.43. The van der Waals surface area contributed by atoms with Crippen molar-refractivity contribution in [2.24, 2.45) is 0 Å². The summed E-state index contributed by atoms with van der Waals surface area (Å²) in [6, 6.07) is 4.24. The minimum Gasteiger partial charge on any atom is -0.406 e. The molecule has 128 valence electrons. The summed E-state index contributed by atoms with van der Waals surface area (Å²) in [7, 11) is 0. The zero-order chi connectivity index (χ0) is 17.7. The number of anilines is 1. The fourth-order valence-corrected chi connectivity index (χ4v) is 1.50. The molecule has 0 heterocycles. The Morgan fingerprint density at radius 3 is 2.13 bits per heavy atom. The Morgan fingerprint density at radius 1 is 1.09 bits per heavy atom. The highest BCUT2D eigenvalue weighted by Crippen LogP contribution is 2.23. The van der Waals surface area contributed by atoms with Gasteiger partial charge in [-0.05, 0) is 45.0 Å². The summed E-state index contributed by atoms with van der Waals surface area (Å²) in [4.78, 5) is 23.0. The summed E-state index contributed by atoms with van der Waals surface area (Å²) in [5.74, 6) is -0.945. The van der Waals surface area contributed by atoms with Gasteiger partial charge in [0.15, 0.2) is 0 Å². The van der Waals surface area contributed by atoms with Crippen LogP contribution in [-0.2, 0) is 4.79 Å². The van der Waals surface area contributed by atoms with E-state index >= 15 is 0 Å². The monoisotopic (exact) mass is 333 g/mol. The van der Waals surface area contributed by atoms with Gasteiger partial charge in [-0.1, -0.05) is 0 Å². The first-order valence-corrected chi connectivity index (χ1v) is 6.66. The van der Waals surface area contributed by atoms with Gasteiger partial charge in [0.2, 0.25) is 5.91 Å². The summed E-state index contributed by atoms with van der Waals surface area (Å²) in [5, 5.41) is 7.35. The lowest BCUT2D eigenvalue weighted by molar-refractivity contribution is -0.274. The molecule has 0 aromatic heterocycles. The average molecular weight is 333 g/mol. The molecule has 0 aliphatic rings. The van der Waals surface area contributed by atoms with Crippen molar-refractivity contribution in [3.63, 3.8) is 0 Å². The van der Waals surface area contributed by atoms with Gasteiger partial charge in [-0.25, -0.2) is 4.79 Å². The summed E-state index contributed by atoms with van der Waals surface area (Å²) in [5.41, 5.74) is -0.0718. The van der Waals surface area contributed by atoms with Crippen LogP contribution in [0, 0.1) is 0 Å². The van der Waals surface area contributed by atoms with Crippen molar-refractivity contribution < 1.29 is 27.5 Å². The number of urea groups is 1. The Kier molecular flexibility index (Phi) is 5.83. The van der Waals surface area contributed by atoms with Crippen LogP contribution in [0.4, 0.5) is 23.7 Å². The molecule has 0 atom stereocenters. The van der Waals surface area contributed by atoms with Crippen molar-refractivity contribution in [1.29, 1.82) is 0 Å². The van der Waals surface area contributed by atoms with Crippen molar-refractivity contribution in [2.75, 3.05) is 11.9 Å². The lowest BCUT2D eigenvalue weighted by Gasteiger charge is -2.20. The molecule has 0 saturated carbocycles. The van der Waals surface area contributed by atoms with Crippen LogP contribution in [-0.4, -0.2) is 30.4 Å². The molecule has 0 saturated heterocycles. The number of hydrogen-bond donors (Lipinski definition) is 3. The standard InChI is InChI=1S/C14H18F3N3O3/c1-13(2,3)20-12(22)19-11(21)8-18-9-4-6-10(7-5-9)23-14(15,16)17/h4-7,18H,8H2,1-3H3,(H2,19,20,21,22). The molecule has 3 amide bonds. The van der Waals surface area contributed by atoms with E-state index in [2.05, 4.69) is 20.7 Å². The second-order valence-corrected chi connectivity index (χ2v) is 5.68. The maximum Gasteiger partial charge on any atom is 0.573 e. The van der Waals surface area contributed by atoms with Gasteiger partial charge in [0.25, 0.3) is 0 Å². The molecule has 9 heteroatoms. The van der Waals surface area contributed by atoms with Crippen LogP contribution in [0.5, 0.6) is 5.75 Å². The summed E-state index contributed by atoms with van der Waals surface area (Å²) >= 11 is 0. The number of carbonyl (C=O) groups excluding carboxylic acids is 2. The lowest BCUT2D eigenvalue weighted by Crippen LogP contribution is -2.49. The fourth-order valence-electron chi connectivity index (χ4n) is 1.50. The number of alkyl halides is 3. The molecule has 1 aromatic rings. The maximum atomic E-state index is 12.0. The van der Waals surface area contributed by atoms with Crippen LogP contribution in [0.1, 0.15) is 20.8 Å². The number of hydrogen-bond acceptors (Lipinski definition) is 4. The minimum absolute atomic E-state index is 0.211. The van der Waals surface area contributed by atoms with Crippen LogP contribution in [0.3, 0.4) is 0 Å². The van der Waals surface area contributed by atoms with Gasteiger partial charge in [-0.15, -0.1) is 13.2 Å². The second kappa shape index (κ2) is 7.21. The number of amides is 3. The van der Waals surface area contributed by atoms with E-state index in [0.29, 0.717) is 5.69 Å². The van der Waals surface area contributed by atoms with E-state index in [1.807, 2.05) is 0 Å². The Bertz CT molecular complexity index is 551.